The van der Waals surface area contributed by atoms with Gasteiger partial charge in [-0.05, 0) is 12.3 Å². The Kier molecular flexibility index (Phi) is 4.66. The van der Waals surface area contributed by atoms with Crippen molar-refractivity contribution in [2.24, 2.45) is 11.7 Å². The number of β-amino-alcohol motifs (C(OH)–C–C–N with tert-alkyl or cyclic N) is 1. The van der Waals surface area contributed by atoms with Gasteiger partial charge in [-0.2, -0.15) is 0 Å². The zero-order valence-corrected chi connectivity index (χ0v) is 10.5. The summed E-state index contributed by atoms with van der Waals surface area (Å²) >= 11 is 0. The Morgan fingerprint density at radius 2 is 1.94 bits per heavy atom. The Bertz CT molecular complexity index is 333. The summed E-state index contributed by atoms with van der Waals surface area (Å²) in [6, 6.07) is -1.69. The van der Waals surface area contributed by atoms with Gasteiger partial charge in [0.25, 0.3) is 0 Å². The van der Waals surface area contributed by atoms with Crippen molar-refractivity contribution in [3.05, 3.63) is 0 Å². The lowest BCUT2D eigenvalue weighted by Crippen LogP contribution is -2.52. The molecule has 0 aromatic carbocycles. The molecule has 1 saturated heterocycles. The van der Waals surface area contributed by atoms with Crippen LogP contribution < -0.4 is 5.73 Å². The second kappa shape index (κ2) is 5.64. The number of aliphatic hydroxyl groups excluding tert-OH is 2. The Morgan fingerprint density at radius 1 is 1.39 bits per heavy atom. The number of rotatable bonds is 4. The van der Waals surface area contributed by atoms with E-state index < -0.39 is 36.2 Å². The molecule has 0 aromatic rings. The van der Waals surface area contributed by atoms with Gasteiger partial charge < -0.3 is 26.0 Å². The monoisotopic (exact) mass is 260 g/mol. The Hall–Kier alpha value is -1.18. The number of carbonyl (C=O) groups excluding carboxylic acids is 1. The predicted molar refractivity (Wildman–Crippen MR) is 62.6 cm³/mol. The van der Waals surface area contributed by atoms with Gasteiger partial charge in [0.15, 0.2) is 6.10 Å². The van der Waals surface area contributed by atoms with Crippen molar-refractivity contribution >= 4 is 11.9 Å². The molecule has 0 aromatic heterocycles. The molecule has 0 saturated carbocycles. The van der Waals surface area contributed by atoms with E-state index >= 15 is 0 Å². The summed E-state index contributed by atoms with van der Waals surface area (Å²) in [4.78, 5) is 24.0. The van der Waals surface area contributed by atoms with Crippen LogP contribution in [0.3, 0.4) is 0 Å². The molecule has 7 heteroatoms. The van der Waals surface area contributed by atoms with Gasteiger partial charge in [0.2, 0.25) is 5.91 Å². The number of hydrogen-bond acceptors (Lipinski definition) is 5. The summed E-state index contributed by atoms with van der Waals surface area (Å²) in [5.41, 5.74) is 5.72. The highest BCUT2D eigenvalue weighted by Gasteiger charge is 2.42. The first-order valence-electron chi connectivity index (χ1n) is 5.90. The molecular formula is C11H20N2O5. The summed E-state index contributed by atoms with van der Waals surface area (Å²) in [5.74, 6) is -1.95. The first-order chi connectivity index (χ1) is 8.25. The van der Waals surface area contributed by atoms with E-state index in [0.29, 0.717) is 0 Å². The van der Waals surface area contributed by atoms with Crippen molar-refractivity contribution in [2.75, 3.05) is 6.54 Å². The number of carboxylic acids is 1. The van der Waals surface area contributed by atoms with Gasteiger partial charge in [0.1, 0.15) is 0 Å². The lowest BCUT2D eigenvalue weighted by molar-refractivity contribution is -0.152. The second-order valence-electron chi connectivity index (χ2n) is 5.00. The summed E-state index contributed by atoms with van der Waals surface area (Å²) in [5, 5.41) is 27.8. The first kappa shape index (κ1) is 14.9. The quantitative estimate of drug-likeness (QED) is 0.481. The van der Waals surface area contributed by atoms with Crippen molar-refractivity contribution in [3.8, 4) is 0 Å². The van der Waals surface area contributed by atoms with Crippen molar-refractivity contribution in [2.45, 2.75) is 44.6 Å². The van der Waals surface area contributed by atoms with Crippen LogP contribution in [-0.2, 0) is 9.59 Å². The van der Waals surface area contributed by atoms with Gasteiger partial charge in [-0.25, -0.2) is 4.79 Å². The Morgan fingerprint density at radius 3 is 2.39 bits per heavy atom. The van der Waals surface area contributed by atoms with Crippen LogP contribution in [0.2, 0.25) is 0 Å². The first-order valence-corrected chi connectivity index (χ1v) is 5.90. The normalized spacial score (nSPS) is 27.3. The van der Waals surface area contributed by atoms with E-state index in [2.05, 4.69) is 0 Å². The van der Waals surface area contributed by atoms with E-state index in [1.54, 1.807) is 13.8 Å². The highest BCUT2D eigenvalue weighted by Crippen LogP contribution is 2.22. The van der Waals surface area contributed by atoms with Gasteiger partial charge in [0.05, 0.1) is 18.2 Å². The van der Waals surface area contributed by atoms with E-state index in [1.165, 1.54) is 4.90 Å². The van der Waals surface area contributed by atoms with Crippen molar-refractivity contribution < 1.29 is 24.9 Å². The van der Waals surface area contributed by atoms with E-state index in [0.717, 1.165) is 0 Å². The zero-order valence-electron chi connectivity index (χ0n) is 10.5. The average Bonchev–Trinajstić information content (AvgIpc) is 2.67. The minimum Gasteiger partial charge on any atom is -0.479 e. The van der Waals surface area contributed by atoms with Crippen LogP contribution in [0.25, 0.3) is 0 Å². The van der Waals surface area contributed by atoms with Crippen LogP contribution in [0.4, 0.5) is 0 Å². The molecule has 0 bridgehead atoms. The molecule has 1 heterocycles. The summed E-state index contributed by atoms with van der Waals surface area (Å²) in [6.45, 7) is 3.56. The third-order valence-electron chi connectivity index (χ3n) is 3.23. The number of nitrogens with zero attached hydrogens (tertiary/aromatic N) is 1. The third kappa shape index (κ3) is 2.98. The maximum Gasteiger partial charge on any atom is 0.334 e. The molecule has 5 N–H and O–H groups in total. The predicted octanol–water partition coefficient (Wildman–Crippen LogP) is -1.62. The average molecular weight is 260 g/mol. The number of amides is 1. The molecule has 1 rings (SSSR count). The van der Waals surface area contributed by atoms with Crippen LogP contribution in [-0.4, -0.2) is 62.9 Å². The lowest BCUT2D eigenvalue weighted by atomic mass is 10.0. The topological polar surface area (TPSA) is 124 Å². The summed E-state index contributed by atoms with van der Waals surface area (Å²) < 4.78 is 0. The SMILES string of the molecule is CC(C)[C@H](N)C(=O)N1C[C@H](O)C[C@@H]1[C@@H](O)C(=O)O. The Balaban J connectivity index is 2.85. The highest BCUT2D eigenvalue weighted by atomic mass is 16.4. The Labute approximate surface area is 105 Å². The number of aliphatic hydroxyl groups is 2. The van der Waals surface area contributed by atoms with Gasteiger partial charge in [0, 0.05) is 6.54 Å². The van der Waals surface area contributed by atoms with Gasteiger partial charge in [-0.3, -0.25) is 4.79 Å². The second-order valence-corrected chi connectivity index (χ2v) is 5.00. The molecule has 4 atom stereocenters. The number of aliphatic carboxylic acids is 1. The van der Waals surface area contributed by atoms with Crippen LogP contribution in [0.1, 0.15) is 20.3 Å². The van der Waals surface area contributed by atoms with Crippen molar-refractivity contribution in [3.63, 3.8) is 0 Å². The van der Waals surface area contributed by atoms with E-state index in [9.17, 15) is 19.8 Å². The molecule has 1 aliphatic rings. The number of carboxylic acid groups (broad SMARTS) is 1. The van der Waals surface area contributed by atoms with Gasteiger partial charge in [-0.1, -0.05) is 13.8 Å². The van der Waals surface area contributed by atoms with Gasteiger partial charge in [-0.15, -0.1) is 0 Å². The van der Waals surface area contributed by atoms with E-state index in [4.69, 9.17) is 10.8 Å². The van der Waals surface area contributed by atoms with Crippen LogP contribution in [0.15, 0.2) is 0 Å². The molecule has 0 aliphatic carbocycles. The molecule has 18 heavy (non-hydrogen) atoms. The number of likely N-dealkylation sites (tertiary alicyclic amines) is 1. The fraction of sp³-hybridized carbons (Fsp3) is 0.818. The molecule has 1 fully saturated rings. The summed E-state index contributed by atoms with van der Waals surface area (Å²) in [7, 11) is 0. The van der Waals surface area contributed by atoms with E-state index in [-0.39, 0.29) is 18.9 Å². The molecule has 0 spiro atoms. The lowest BCUT2D eigenvalue weighted by Gasteiger charge is -2.29. The molecule has 1 aliphatic heterocycles. The molecule has 1 amide bonds. The maximum atomic E-state index is 12.1. The standard InChI is InChI=1S/C11H20N2O5/c1-5(2)8(12)10(16)13-4-6(14)3-7(13)9(15)11(17)18/h5-9,14-15H,3-4,12H2,1-2H3,(H,17,18)/t6-,7-,8+,9-/m1/s1. The maximum absolute atomic E-state index is 12.1. The molecular weight excluding hydrogens is 240 g/mol. The molecule has 104 valence electrons. The zero-order chi connectivity index (χ0) is 14.0. The highest BCUT2D eigenvalue weighted by molar-refractivity contribution is 5.84. The van der Waals surface area contributed by atoms with Crippen LogP contribution in [0.5, 0.6) is 0 Å². The fourth-order valence-corrected chi connectivity index (χ4v) is 2.04. The van der Waals surface area contributed by atoms with Crippen LogP contribution >= 0.6 is 0 Å². The molecule has 0 unspecified atom stereocenters. The number of carbonyl (C=O) groups is 2. The largest absolute Gasteiger partial charge is 0.479 e. The number of hydrogen-bond donors (Lipinski definition) is 4. The smallest absolute Gasteiger partial charge is 0.334 e. The van der Waals surface area contributed by atoms with E-state index in [1.807, 2.05) is 0 Å². The molecule has 0 radical (unpaired) electrons. The summed E-state index contributed by atoms with van der Waals surface area (Å²) in [6.07, 6.45) is -2.48. The van der Waals surface area contributed by atoms with Crippen molar-refractivity contribution in [1.82, 2.24) is 4.90 Å². The third-order valence-corrected chi connectivity index (χ3v) is 3.23. The van der Waals surface area contributed by atoms with Crippen LogP contribution in [0, 0.1) is 5.92 Å². The fourth-order valence-electron chi connectivity index (χ4n) is 2.04. The minimum absolute atomic E-state index is 0.00819. The van der Waals surface area contributed by atoms with Crippen molar-refractivity contribution in [1.29, 1.82) is 0 Å². The number of nitrogens with two attached hydrogens (primary N) is 1. The van der Waals surface area contributed by atoms with Gasteiger partial charge >= 0.3 is 5.97 Å². The molecule has 7 nitrogen and oxygen atoms in total. The minimum atomic E-state index is -1.70.